The highest BCUT2D eigenvalue weighted by Crippen LogP contribution is 2.29. The lowest BCUT2D eigenvalue weighted by Gasteiger charge is -2.13. The summed E-state index contributed by atoms with van der Waals surface area (Å²) in [5, 5.41) is 16.0. The number of para-hydroxylation sites is 3. The van der Waals surface area contributed by atoms with Crippen molar-refractivity contribution >= 4 is 33.4 Å². The molecule has 0 fully saturated rings. The third kappa shape index (κ3) is 2.87. The molecule has 6 aromatic rings. The van der Waals surface area contributed by atoms with E-state index in [2.05, 4.69) is 5.10 Å². The highest BCUT2D eigenvalue weighted by molar-refractivity contribution is 5.97. The number of aryl methyl sites for hydroxylation is 1. The summed E-state index contributed by atoms with van der Waals surface area (Å²) < 4.78 is 3.47. The van der Waals surface area contributed by atoms with Gasteiger partial charge in [-0.15, -0.1) is 0 Å². The zero-order valence-electron chi connectivity index (χ0n) is 17.9. The number of fused-ring (bicyclic) bond motifs is 5. The maximum atomic E-state index is 13.3. The fourth-order valence-electron chi connectivity index (χ4n) is 4.17. The highest BCUT2D eigenvalue weighted by Gasteiger charge is 2.21. The lowest BCUT2D eigenvalue weighted by Crippen LogP contribution is -2.18. The van der Waals surface area contributed by atoms with Gasteiger partial charge in [-0.3, -0.25) is 19.3 Å². The van der Waals surface area contributed by atoms with Crippen molar-refractivity contribution in [3.63, 3.8) is 0 Å². The molecule has 9 heteroatoms. The molecule has 0 saturated carbocycles. The van der Waals surface area contributed by atoms with E-state index < -0.39 is 4.92 Å². The molecule has 3 aromatic carbocycles. The largest absolute Gasteiger partial charge is 0.287 e. The number of aromatic nitrogens is 5. The Morgan fingerprint density at radius 2 is 1.56 bits per heavy atom. The minimum Gasteiger partial charge on any atom is -0.287 e. The van der Waals surface area contributed by atoms with Crippen LogP contribution in [0.25, 0.3) is 44.8 Å². The quantitative estimate of drug-likeness (QED) is 0.292. The Balaban J connectivity index is 1.82. The van der Waals surface area contributed by atoms with Gasteiger partial charge in [-0.1, -0.05) is 30.3 Å². The van der Waals surface area contributed by atoms with Gasteiger partial charge in [0.2, 0.25) is 5.43 Å². The Bertz CT molecular complexity index is 1810. The molecule has 0 amide bonds. The van der Waals surface area contributed by atoms with Crippen LogP contribution in [0.2, 0.25) is 0 Å². The van der Waals surface area contributed by atoms with Crippen molar-refractivity contribution in [1.29, 1.82) is 0 Å². The number of nitro groups is 1. The summed E-state index contributed by atoms with van der Waals surface area (Å²) in [4.78, 5) is 33.7. The average Bonchev–Trinajstić information content (AvgIpc) is 3.25. The minimum absolute atomic E-state index is 0.0187. The van der Waals surface area contributed by atoms with E-state index in [0.29, 0.717) is 39.3 Å². The molecule has 0 N–H and O–H groups in total. The molecule has 0 aliphatic carbocycles. The van der Waals surface area contributed by atoms with Crippen molar-refractivity contribution in [2.45, 2.75) is 6.92 Å². The maximum Gasteiger partial charge on any atom is 0.269 e. The molecule has 0 atom stereocenters. The SMILES string of the molecule is Cc1nn(-c2ccccc2)c2nc(-c3ccc([N+](=O)[O-])cc3)n3c4ccccc4nc3c2c1=O. The first kappa shape index (κ1) is 19.7. The van der Waals surface area contributed by atoms with Crippen LogP contribution in [0.4, 0.5) is 5.69 Å². The Kier molecular flexibility index (Phi) is 4.24. The van der Waals surface area contributed by atoms with Gasteiger partial charge in [0.1, 0.15) is 16.9 Å². The Hall–Kier alpha value is -4.92. The van der Waals surface area contributed by atoms with Crippen LogP contribution in [0.3, 0.4) is 0 Å². The van der Waals surface area contributed by atoms with Crippen molar-refractivity contribution in [3.8, 4) is 17.1 Å². The van der Waals surface area contributed by atoms with E-state index in [9.17, 15) is 14.9 Å². The third-order valence-electron chi connectivity index (χ3n) is 5.77. The summed E-state index contributed by atoms with van der Waals surface area (Å²) >= 11 is 0. The number of hydrogen-bond donors (Lipinski definition) is 0. The second-order valence-corrected chi connectivity index (χ2v) is 7.86. The minimum atomic E-state index is -0.445. The molecule has 0 saturated heterocycles. The number of benzene rings is 3. The number of rotatable bonds is 3. The van der Waals surface area contributed by atoms with Crippen LogP contribution in [0, 0.1) is 17.0 Å². The first-order valence-corrected chi connectivity index (χ1v) is 10.5. The van der Waals surface area contributed by atoms with Crippen LogP contribution in [-0.4, -0.2) is 29.1 Å². The van der Waals surface area contributed by atoms with Crippen molar-refractivity contribution in [3.05, 3.63) is 105 Å². The van der Waals surface area contributed by atoms with Gasteiger partial charge < -0.3 is 0 Å². The molecule has 0 aliphatic heterocycles. The topological polar surface area (TPSA) is 108 Å². The lowest BCUT2D eigenvalue weighted by molar-refractivity contribution is -0.384. The number of hydrogen-bond acceptors (Lipinski definition) is 6. The molecule has 0 spiro atoms. The second-order valence-electron chi connectivity index (χ2n) is 7.86. The summed E-state index contributed by atoms with van der Waals surface area (Å²) in [6.07, 6.45) is 0. The standard InChI is InChI=1S/C25H16N6O3/c1-15-22(32)21-24-26-19-9-5-6-10-20(19)29(24)23(16-11-13-18(14-12-16)31(33)34)27-25(21)30(28-15)17-7-3-2-4-8-17/h2-14H,1H3. The summed E-state index contributed by atoms with van der Waals surface area (Å²) in [5.41, 5.74) is 3.76. The van der Waals surface area contributed by atoms with Crippen LogP contribution >= 0.6 is 0 Å². The predicted octanol–water partition coefficient (Wildman–Crippen LogP) is 4.47. The van der Waals surface area contributed by atoms with Crippen molar-refractivity contribution in [2.24, 2.45) is 0 Å². The molecule has 0 unspecified atom stereocenters. The Morgan fingerprint density at radius 1 is 0.853 bits per heavy atom. The first-order valence-electron chi connectivity index (χ1n) is 10.5. The third-order valence-corrected chi connectivity index (χ3v) is 5.77. The molecule has 0 radical (unpaired) electrons. The van der Waals surface area contributed by atoms with Gasteiger partial charge in [0.15, 0.2) is 11.3 Å². The number of nitrogens with zero attached hydrogens (tertiary/aromatic N) is 6. The fourth-order valence-corrected chi connectivity index (χ4v) is 4.17. The molecule has 3 aromatic heterocycles. The molecule has 6 rings (SSSR count). The van der Waals surface area contributed by atoms with E-state index in [4.69, 9.17) is 9.97 Å². The van der Waals surface area contributed by atoms with Gasteiger partial charge in [0.25, 0.3) is 5.69 Å². The van der Waals surface area contributed by atoms with E-state index in [0.717, 1.165) is 11.2 Å². The molecule has 164 valence electrons. The number of non-ortho nitro benzene ring substituents is 1. The monoisotopic (exact) mass is 448 g/mol. The predicted molar refractivity (Wildman–Crippen MR) is 128 cm³/mol. The van der Waals surface area contributed by atoms with Crippen LogP contribution in [0.5, 0.6) is 0 Å². The van der Waals surface area contributed by atoms with Gasteiger partial charge in [-0.2, -0.15) is 5.10 Å². The Morgan fingerprint density at radius 3 is 2.29 bits per heavy atom. The van der Waals surface area contributed by atoms with Gasteiger partial charge in [-0.25, -0.2) is 14.6 Å². The van der Waals surface area contributed by atoms with Crippen LogP contribution in [-0.2, 0) is 0 Å². The summed E-state index contributed by atoms with van der Waals surface area (Å²) in [6, 6.07) is 23.1. The fraction of sp³-hybridized carbons (Fsp3) is 0.0400. The van der Waals surface area contributed by atoms with Gasteiger partial charge in [-0.05, 0) is 43.3 Å². The van der Waals surface area contributed by atoms with Crippen LogP contribution < -0.4 is 5.43 Å². The zero-order chi connectivity index (χ0) is 23.4. The first-order chi connectivity index (χ1) is 16.5. The summed E-state index contributed by atoms with van der Waals surface area (Å²) in [5.74, 6) is 0.501. The van der Waals surface area contributed by atoms with Crippen molar-refractivity contribution in [1.82, 2.24) is 24.1 Å². The summed E-state index contributed by atoms with van der Waals surface area (Å²) in [6.45, 7) is 1.67. The zero-order valence-corrected chi connectivity index (χ0v) is 17.9. The molecular formula is C25H16N6O3. The van der Waals surface area contributed by atoms with Crippen LogP contribution in [0.1, 0.15) is 5.69 Å². The molecule has 0 bridgehead atoms. The lowest BCUT2D eigenvalue weighted by atomic mass is 10.1. The average molecular weight is 448 g/mol. The van der Waals surface area contributed by atoms with Crippen LogP contribution in [0.15, 0.2) is 83.7 Å². The normalized spacial score (nSPS) is 11.4. The molecule has 34 heavy (non-hydrogen) atoms. The van der Waals surface area contributed by atoms with Crippen molar-refractivity contribution < 1.29 is 4.92 Å². The molecular weight excluding hydrogens is 432 g/mol. The van der Waals surface area contributed by atoms with E-state index in [1.165, 1.54) is 12.1 Å². The van der Waals surface area contributed by atoms with E-state index in [1.54, 1.807) is 23.7 Å². The maximum absolute atomic E-state index is 13.3. The highest BCUT2D eigenvalue weighted by atomic mass is 16.6. The van der Waals surface area contributed by atoms with E-state index in [1.807, 2.05) is 59.0 Å². The number of nitro benzene ring substituents is 1. The van der Waals surface area contributed by atoms with Gasteiger partial charge >= 0.3 is 0 Å². The molecule has 0 aliphatic rings. The summed E-state index contributed by atoms with van der Waals surface area (Å²) in [7, 11) is 0. The van der Waals surface area contributed by atoms with Crippen molar-refractivity contribution in [2.75, 3.05) is 0 Å². The van der Waals surface area contributed by atoms with Gasteiger partial charge in [0.05, 0.1) is 21.6 Å². The van der Waals surface area contributed by atoms with E-state index in [-0.39, 0.29) is 11.1 Å². The second kappa shape index (κ2) is 7.31. The molecule has 9 nitrogen and oxygen atoms in total. The van der Waals surface area contributed by atoms with Gasteiger partial charge in [0, 0.05) is 17.7 Å². The van der Waals surface area contributed by atoms with E-state index >= 15 is 0 Å². The molecule has 3 heterocycles. The smallest absolute Gasteiger partial charge is 0.269 e. The Labute approximate surface area is 191 Å². The number of imidazole rings is 1.